The lowest BCUT2D eigenvalue weighted by Crippen LogP contribution is -2.55. The first-order chi connectivity index (χ1) is 29.5. The Bertz CT molecular complexity index is 3010. The van der Waals surface area contributed by atoms with E-state index < -0.39 is 0 Å². The van der Waals surface area contributed by atoms with E-state index in [2.05, 4.69) is 195 Å². The fourth-order valence-electron chi connectivity index (χ4n) is 13.8. The lowest BCUT2D eigenvalue weighted by molar-refractivity contribution is -0.0399. The summed E-state index contributed by atoms with van der Waals surface area (Å²) in [4.78, 5) is 2.58. The summed E-state index contributed by atoms with van der Waals surface area (Å²) in [7, 11) is 0. The Balaban J connectivity index is 1.06. The number of rotatable bonds is 5. The Hall–Kier alpha value is -6.18. The van der Waals surface area contributed by atoms with Gasteiger partial charge in [0.1, 0.15) is 0 Å². The van der Waals surface area contributed by atoms with Gasteiger partial charge in [-0.05, 0) is 164 Å². The summed E-state index contributed by atoms with van der Waals surface area (Å²) in [5.74, 6) is 3.21. The predicted octanol–water partition coefficient (Wildman–Crippen LogP) is 15.7. The van der Waals surface area contributed by atoms with Gasteiger partial charge in [0.25, 0.3) is 0 Å². The molecule has 4 bridgehead atoms. The molecule has 1 spiro atoms. The van der Waals surface area contributed by atoms with Gasteiger partial charge in [0.15, 0.2) is 0 Å². The third-order valence-electron chi connectivity index (χ3n) is 16.0. The lowest BCUT2D eigenvalue weighted by atomic mass is 9.43. The van der Waals surface area contributed by atoms with E-state index in [0.29, 0.717) is 11.8 Å². The summed E-state index contributed by atoms with van der Waals surface area (Å²) in [6.07, 6.45) is 6.97. The maximum Gasteiger partial charge on any atom is 0.0540 e. The van der Waals surface area contributed by atoms with Crippen molar-refractivity contribution in [3.8, 4) is 44.5 Å². The molecule has 6 aliphatic rings. The SMILES string of the molecule is CC1(C)c2ccccc2-c2ccc(N(c3ccc4c(c3)-c3c(-c5ccccc5)cccc3C43C4CC5CC(C4)CC3C5)c3ccccc3-c3ccc4ccccc4c3)cc21. The maximum absolute atomic E-state index is 2.60. The molecule has 1 heteroatoms. The zero-order chi connectivity index (χ0) is 39.7. The molecule has 4 fully saturated rings. The van der Waals surface area contributed by atoms with E-state index in [1.807, 2.05) is 0 Å². The predicted molar refractivity (Wildman–Crippen MR) is 250 cm³/mol. The van der Waals surface area contributed by atoms with Crippen LogP contribution in [0.3, 0.4) is 0 Å². The van der Waals surface area contributed by atoms with Gasteiger partial charge in [0.05, 0.1) is 5.69 Å². The summed E-state index contributed by atoms with van der Waals surface area (Å²) < 4.78 is 0. The van der Waals surface area contributed by atoms with Crippen LogP contribution in [0.15, 0.2) is 176 Å². The van der Waals surface area contributed by atoms with Crippen LogP contribution in [-0.2, 0) is 10.8 Å². The van der Waals surface area contributed by atoms with E-state index in [-0.39, 0.29) is 10.8 Å². The molecule has 0 amide bonds. The van der Waals surface area contributed by atoms with Crippen molar-refractivity contribution in [1.29, 1.82) is 0 Å². The van der Waals surface area contributed by atoms with E-state index in [9.17, 15) is 0 Å². The smallest absolute Gasteiger partial charge is 0.0540 e. The molecular weight excluding hydrogens is 723 g/mol. The van der Waals surface area contributed by atoms with Crippen molar-refractivity contribution in [2.45, 2.75) is 56.8 Å². The second-order valence-electron chi connectivity index (χ2n) is 19.3. The lowest BCUT2D eigenvalue weighted by Gasteiger charge is -2.61. The second-order valence-corrected chi connectivity index (χ2v) is 19.3. The average Bonchev–Trinajstić information content (AvgIpc) is 3.71. The van der Waals surface area contributed by atoms with Crippen molar-refractivity contribution in [1.82, 2.24) is 0 Å². The van der Waals surface area contributed by atoms with E-state index in [4.69, 9.17) is 0 Å². The summed E-state index contributed by atoms with van der Waals surface area (Å²) >= 11 is 0. The van der Waals surface area contributed by atoms with Crippen molar-refractivity contribution < 1.29 is 0 Å². The van der Waals surface area contributed by atoms with Crippen LogP contribution < -0.4 is 4.90 Å². The molecule has 4 saturated carbocycles. The molecule has 60 heavy (non-hydrogen) atoms. The van der Waals surface area contributed by atoms with Crippen LogP contribution in [0.2, 0.25) is 0 Å². The number of hydrogen-bond donors (Lipinski definition) is 0. The highest BCUT2D eigenvalue weighted by molar-refractivity contribution is 5.98. The summed E-state index contributed by atoms with van der Waals surface area (Å²) in [6, 6.07) is 67.3. The Morgan fingerprint density at radius 3 is 1.85 bits per heavy atom. The van der Waals surface area contributed by atoms with Gasteiger partial charge in [0.2, 0.25) is 0 Å². The number of nitrogens with zero attached hydrogens (tertiary/aromatic N) is 1. The monoisotopic (exact) mass is 771 g/mol. The van der Waals surface area contributed by atoms with Gasteiger partial charge >= 0.3 is 0 Å². The number of anilines is 3. The van der Waals surface area contributed by atoms with Crippen molar-refractivity contribution in [2.24, 2.45) is 23.7 Å². The van der Waals surface area contributed by atoms with Gasteiger partial charge in [-0.1, -0.05) is 153 Å². The second kappa shape index (κ2) is 12.7. The van der Waals surface area contributed by atoms with Crippen molar-refractivity contribution >= 4 is 27.8 Å². The first-order valence-electron chi connectivity index (χ1n) is 22.4. The fraction of sp³-hybridized carbons (Fsp3) is 0.220. The minimum absolute atomic E-state index is 0.0820. The van der Waals surface area contributed by atoms with Crippen LogP contribution in [-0.4, -0.2) is 0 Å². The van der Waals surface area contributed by atoms with Crippen LogP contribution in [0.1, 0.15) is 68.2 Å². The fourth-order valence-corrected chi connectivity index (χ4v) is 13.8. The third kappa shape index (κ3) is 4.75. The Morgan fingerprint density at radius 2 is 1.03 bits per heavy atom. The zero-order valence-corrected chi connectivity index (χ0v) is 34.5. The minimum Gasteiger partial charge on any atom is -0.310 e. The highest BCUT2D eigenvalue weighted by atomic mass is 15.1. The molecule has 0 heterocycles. The Labute approximate surface area is 354 Å². The van der Waals surface area contributed by atoms with Crippen LogP contribution in [0.5, 0.6) is 0 Å². The standard InChI is InChI=1S/C59H49N/c1-58(2)52-20-10-8-18-49(52)50-27-25-46(36-55(50)58)60(56-22-11-9-17-47(56)42-24-23-39-13-6-7-16-41(39)34-42)45-26-28-53-51(35-45)57-48(40-14-4-3-5-15-40)19-12-21-54(57)59(53)43-30-37-29-38(32-43)33-44(59)31-37/h3-28,34-38,43-44H,29-33H2,1-2H3. The molecule has 14 rings (SSSR count). The van der Waals surface area contributed by atoms with Crippen LogP contribution in [0.4, 0.5) is 17.1 Å². The molecule has 8 aromatic rings. The molecule has 0 aliphatic heterocycles. The third-order valence-corrected chi connectivity index (χ3v) is 16.0. The minimum atomic E-state index is -0.112. The van der Waals surface area contributed by atoms with Crippen LogP contribution in [0.25, 0.3) is 55.3 Å². The van der Waals surface area contributed by atoms with Gasteiger partial charge in [-0.25, -0.2) is 0 Å². The first kappa shape index (κ1) is 34.7. The van der Waals surface area contributed by atoms with Gasteiger partial charge in [0, 0.05) is 27.8 Å². The molecule has 0 aromatic heterocycles. The highest BCUT2D eigenvalue weighted by Crippen LogP contribution is 2.70. The molecular formula is C59H49N. The van der Waals surface area contributed by atoms with Gasteiger partial charge in [-0.15, -0.1) is 0 Å². The number of para-hydroxylation sites is 1. The summed E-state index contributed by atoms with van der Waals surface area (Å²) in [6.45, 7) is 4.80. The number of hydrogen-bond acceptors (Lipinski definition) is 1. The van der Waals surface area contributed by atoms with Gasteiger partial charge < -0.3 is 4.90 Å². The largest absolute Gasteiger partial charge is 0.310 e. The average molecular weight is 772 g/mol. The van der Waals surface area contributed by atoms with E-state index in [1.165, 1.54) is 116 Å². The molecule has 290 valence electrons. The van der Waals surface area contributed by atoms with Crippen LogP contribution >= 0.6 is 0 Å². The van der Waals surface area contributed by atoms with E-state index >= 15 is 0 Å². The Morgan fingerprint density at radius 1 is 0.400 bits per heavy atom. The molecule has 8 aromatic carbocycles. The van der Waals surface area contributed by atoms with Crippen molar-refractivity contribution in [3.05, 3.63) is 198 Å². The van der Waals surface area contributed by atoms with E-state index in [1.54, 1.807) is 11.1 Å². The normalized spacial score (nSPS) is 23.4. The number of benzene rings is 8. The molecule has 6 aliphatic carbocycles. The summed E-state index contributed by atoms with van der Waals surface area (Å²) in [5.41, 5.74) is 20.3. The maximum atomic E-state index is 2.60. The van der Waals surface area contributed by atoms with Crippen LogP contribution in [0, 0.1) is 23.7 Å². The molecule has 0 unspecified atom stereocenters. The molecule has 0 saturated heterocycles. The molecule has 0 radical (unpaired) electrons. The molecule has 1 nitrogen and oxygen atoms in total. The molecule has 0 atom stereocenters. The zero-order valence-electron chi connectivity index (χ0n) is 34.5. The summed E-state index contributed by atoms with van der Waals surface area (Å²) in [5, 5.41) is 2.53. The Kier molecular flexibility index (Phi) is 7.32. The quantitative estimate of drug-likeness (QED) is 0.168. The first-order valence-corrected chi connectivity index (χ1v) is 22.4. The highest BCUT2D eigenvalue weighted by Gasteiger charge is 2.61. The topological polar surface area (TPSA) is 3.24 Å². The van der Waals surface area contributed by atoms with E-state index in [0.717, 1.165) is 11.8 Å². The molecule has 0 N–H and O–H groups in total. The van der Waals surface area contributed by atoms with Gasteiger partial charge in [-0.2, -0.15) is 0 Å². The number of fused-ring (bicyclic) bond motifs is 7. The van der Waals surface area contributed by atoms with Gasteiger partial charge in [-0.3, -0.25) is 0 Å². The van der Waals surface area contributed by atoms with Crippen molar-refractivity contribution in [3.63, 3.8) is 0 Å². The van der Waals surface area contributed by atoms with Crippen molar-refractivity contribution in [2.75, 3.05) is 4.90 Å².